The quantitative estimate of drug-likeness (QED) is 0.778. The minimum absolute atomic E-state index is 0.328. The fourth-order valence-electron chi connectivity index (χ4n) is 1.79. The summed E-state index contributed by atoms with van der Waals surface area (Å²) in [5, 5.41) is 11.6. The molecule has 0 bridgehead atoms. The monoisotopic (exact) mass is 252 g/mol. The van der Waals surface area contributed by atoms with Gasteiger partial charge in [-0.05, 0) is 25.5 Å². The van der Waals surface area contributed by atoms with Crippen LogP contribution in [0.15, 0.2) is 18.3 Å². The second-order valence-electron chi connectivity index (χ2n) is 4.19. The normalized spacial score (nSPS) is 12.1. The third-order valence-electron chi connectivity index (χ3n) is 2.85. The van der Waals surface area contributed by atoms with Gasteiger partial charge in [-0.2, -0.15) is 0 Å². The van der Waals surface area contributed by atoms with Crippen LogP contribution in [0, 0.1) is 0 Å². The highest BCUT2D eigenvalue weighted by Gasteiger charge is 2.21. The Balaban J connectivity index is 2.69. The number of nitrogens with one attached hydrogen (secondary N) is 1. The lowest BCUT2D eigenvalue weighted by atomic mass is 10.1. The van der Waals surface area contributed by atoms with Gasteiger partial charge in [0.2, 0.25) is 0 Å². The van der Waals surface area contributed by atoms with Crippen LogP contribution < -0.4 is 5.32 Å². The number of hydrogen-bond acceptors (Lipinski definition) is 2. The summed E-state index contributed by atoms with van der Waals surface area (Å²) in [4.78, 5) is 23.0. The van der Waals surface area contributed by atoms with E-state index in [0.717, 1.165) is 12.8 Å². The standard InChI is InChI=1S/C13H20N2O3/c1-3-5-7-10(13(17)18)14-12(16)11-8-6-9-15(11)4-2/h6,8-10H,3-5,7H2,1-2H3,(H,14,16)(H,17,18)/t10-/m0/s1. The number of aryl methyl sites for hydroxylation is 1. The Labute approximate surface area is 107 Å². The number of unbranched alkanes of at least 4 members (excludes halogenated alkanes) is 1. The first-order valence-electron chi connectivity index (χ1n) is 6.29. The lowest BCUT2D eigenvalue weighted by Crippen LogP contribution is -2.41. The molecule has 5 nitrogen and oxygen atoms in total. The number of carbonyl (C=O) groups is 2. The Hall–Kier alpha value is -1.78. The molecule has 0 unspecified atom stereocenters. The van der Waals surface area contributed by atoms with E-state index in [2.05, 4.69) is 5.32 Å². The molecule has 0 radical (unpaired) electrons. The van der Waals surface area contributed by atoms with Crippen molar-refractivity contribution < 1.29 is 14.7 Å². The van der Waals surface area contributed by atoms with Crippen LogP contribution in [-0.2, 0) is 11.3 Å². The Morgan fingerprint density at radius 2 is 2.17 bits per heavy atom. The van der Waals surface area contributed by atoms with Gasteiger partial charge >= 0.3 is 5.97 Å². The number of nitrogens with zero attached hydrogens (tertiary/aromatic N) is 1. The van der Waals surface area contributed by atoms with E-state index in [1.54, 1.807) is 22.9 Å². The van der Waals surface area contributed by atoms with Gasteiger partial charge in [-0.1, -0.05) is 19.8 Å². The first-order valence-corrected chi connectivity index (χ1v) is 6.29. The number of aromatic nitrogens is 1. The summed E-state index contributed by atoms with van der Waals surface area (Å²) < 4.78 is 1.79. The van der Waals surface area contributed by atoms with Crippen LogP contribution in [-0.4, -0.2) is 27.6 Å². The van der Waals surface area contributed by atoms with Crippen molar-refractivity contribution in [1.29, 1.82) is 0 Å². The van der Waals surface area contributed by atoms with Gasteiger partial charge in [0.05, 0.1) is 0 Å². The Morgan fingerprint density at radius 3 is 2.72 bits per heavy atom. The van der Waals surface area contributed by atoms with Gasteiger partial charge in [0.15, 0.2) is 0 Å². The maximum atomic E-state index is 12.0. The molecule has 1 aromatic heterocycles. The fraction of sp³-hybridized carbons (Fsp3) is 0.538. The van der Waals surface area contributed by atoms with Crippen LogP contribution in [0.25, 0.3) is 0 Å². The lowest BCUT2D eigenvalue weighted by molar-refractivity contribution is -0.139. The van der Waals surface area contributed by atoms with Gasteiger partial charge in [-0.25, -0.2) is 4.79 Å². The molecule has 0 aromatic carbocycles. The molecule has 0 aliphatic rings. The molecular weight excluding hydrogens is 232 g/mol. The predicted octanol–water partition coefficient (Wildman–Crippen LogP) is 1.88. The average molecular weight is 252 g/mol. The van der Waals surface area contributed by atoms with E-state index < -0.39 is 12.0 Å². The summed E-state index contributed by atoms with van der Waals surface area (Å²) in [5.74, 6) is -1.31. The summed E-state index contributed by atoms with van der Waals surface area (Å²) >= 11 is 0. The number of carboxylic acids is 1. The molecule has 0 saturated heterocycles. The number of rotatable bonds is 7. The molecule has 0 aliphatic heterocycles. The van der Waals surface area contributed by atoms with Crippen molar-refractivity contribution in [3.05, 3.63) is 24.0 Å². The average Bonchev–Trinajstić information content (AvgIpc) is 2.82. The van der Waals surface area contributed by atoms with Crippen molar-refractivity contribution in [1.82, 2.24) is 9.88 Å². The summed E-state index contributed by atoms with van der Waals surface area (Å²) in [6.45, 7) is 4.61. The van der Waals surface area contributed by atoms with Crippen LogP contribution in [0.4, 0.5) is 0 Å². The van der Waals surface area contributed by atoms with E-state index >= 15 is 0 Å². The molecule has 1 rings (SSSR count). The van der Waals surface area contributed by atoms with E-state index in [1.165, 1.54) is 0 Å². The number of hydrogen-bond donors (Lipinski definition) is 2. The smallest absolute Gasteiger partial charge is 0.326 e. The van der Waals surface area contributed by atoms with Gasteiger partial charge in [-0.3, -0.25) is 4.79 Å². The first-order chi connectivity index (χ1) is 8.60. The molecular formula is C13H20N2O3. The van der Waals surface area contributed by atoms with E-state index in [1.807, 2.05) is 13.8 Å². The largest absolute Gasteiger partial charge is 0.480 e. The minimum Gasteiger partial charge on any atom is -0.480 e. The van der Waals surface area contributed by atoms with Crippen molar-refractivity contribution in [3.63, 3.8) is 0 Å². The molecule has 0 spiro atoms. The summed E-state index contributed by atoms with van der Waals surface area (Å²) in [6.07, 6.45) is 3.96. The van der Waals surface area contributed by atoms with E-state index in [-0.39, 0.29) is 5.91 Å². The minimum atomic E-state index is -0.980. The number of carbonyl (C=O) groups excluding carboxylic acids is 1. The van der Waals surface area contributed by atoms with Crippen LogP contribution >= 0.6 is 0 Å². The molecule has 18 heavy (non-hydrogen) atoms. The number of amides is 1. The molecule has 100 valence electrons. The number of carboxylic acid groups (broad SMARTS) is 1. The molecule has 0 saturated carbocycles. The zero-order chi connectivity index (χ0) is 13.5. The third kappa shape index (κ3) is 3.61. The van der Waals surface area contributed by atoms with Gasteiger partial charge in [0, 0.05) is 12.7 Å². The van der Waals surface area contributed by atoms with Crippen molar-refractivity contribution in [2.75, 3.05) is 0 Å². The van der Waals surface area contributed by atoms with Crippen molar-refractivity contribution in [2.45, 2.75) is 45.7 Å². The number of aliphatic carboxylic acids is 1. The molecule has 5 heteroatoms. The molecule has 0 aliphatic carbocycles. The second kappa shape index (κ2) is 6.83. The van der Waals surface area contributed by atoms with Crippen LogP contribution in [0.3, 0.4) is 0 Å². The fourth-order valence-corrected chi connectivity index (χ4v) is 1.79. The van der Waals surface area contributed by atoms with E-state index in [9.17, 15) is 9.59 Å². The summed E-state index contributed by atoms with van der Waals surface area (Å²) in [7, 11) is 0. The SMILES string of the molecule is CCCC[C@H](NC(=O)c1cccn1CC)C(=O)O. The van der Waals surface area contributed by atoms with Gasteiger partial charge in [0.1, 0.15) is 11.7 Å². The van der Waals surface area contributed by atoms with Crippen molar-refractivity contribution in [2.24, 2.45) is 0 Å². The highest BCUT2D eigenvalue weighted by atomic mass is 16.4. The molecule has 1 atom stereocenters. The molecule has 1 aromatic rings. The Morgan fingerprint density at radius 1 is 1.44 bits per heavy atom. The van der Waals surface area contributed by atoms with Gasteiger partial charge in [0.25, 0.3) is 5.91 Å². The lowest BCUT2D eigenvalue weighted by Gasteiger charge is -2.14. The summed E-state index contributed by atoms with van der Waals surface area (Å²) in [6, 6.07) is 2.66. The Kier molecular flexibility index (Phi) is 5.42. The van der Waals surface area contributed by atoms with E-state index in [0.29, 0.717) is 18.7 Å². The summed E-state index contributed by atoms with van der Waals surface area (Å²) in [5.41, 5.74) is 0.500. The first kappa shape index (κ1) is 14.3. The van der Waals surface area contributed by atoms with Crippen LogP contribution in [0.5, 0.6) is 0 Å². The third-order valence-corrected chi connectivity index (χ3v) is 2.85. The van der Waals surface area contributed by atoms with Crippen LogP contribution in [0.2, 0.25) is 0 Å². The highest BCUT2D eigenvalue weighted by molar-refractivity contribution is 5.95. The zero-order valence-corrected chi connectivity index (χ0v) is 10.8. The zero-order valence-electron chi connectivity index (χ0n) is 10.8. The maximum absolute atomic E-state index is 12.0. The highest BCUT2D eigenvalue weighted by Crippen LogP contribution is 2.05. The van der Waals surface area contributed by atoms with E-state index in [4.69, 9.17) is 5.11 Å². The van der Waals surface area contributed by atoms with Crippen molar-refractivity contribution >= 4 is 11.9 Å². The molecule has 2 N–H and O–H groups in total. The van der Waals surface area contributed by atoms with Crippen LogP contribution in [0.1, 0.15) is 43.6 Å². The predicted molar refractivity (Wildman–Crippen MR) is 68.5 cm³/mol. The second-order valence-corrected chi connectivity index (χ2v) is 4.19. The maximum Gasteiger partial charge on any atom is 0.326 e. The van der Waals surface area contributed by atoms with Crippen molar-refractivity contribution in [3.8, 4) is 0 Å². The Bertz CT molecular complexity index is 412. The molecule has 0 fully saturated rings. The topological polar surface area (TPSA) is 71.3 Å². The van der Waals surface area contributed by atoms with Gasteiger partial charge in [-0.15, -0.1) is 0 Å². The molecule has 1 heterocycles. The molecule has 1 amide bonds. The van der Waals surface area contributed by atoms with Gasteiger partial charge < -0.3 is 15.0 Å².